The molecule has 18 heavy (non-hydrogen) atoms. The summed E-state index contributed by atoms with van der Waals surface area (Å²) in [6, 6.07) is 9.56. The van der Waals surface area contributed by atoms with Crippen LogP contribution in [0.25, 0.3) is 0 Å². The van der Waals surface area contributed by atoms with Gasteiger partial charge in [-0.05, 0) is 40.2 Å². The number of amides is 1. The van der Waals surface area contributed by atoms with Crippen LogP contribution in [0.3, 0.4) is 0 Å². The number of hydrogen-bond donors (Lipinski definition) is 2. The highest BCUT2D eigenvalue weighted by atomic mass is 79.9. The van der Waals surface area contributed by atoms with Crippen LogP contribution in [0.15, 0.2) is 40.2 Å². The van der Waals surface area contributed by atoms with Gasteiger partial charge in [-0.25, -0.2) is 0 Å². The van der Waals surface area contributed by atoms with Crippen molar-refractivity contribution < 1.29 is 4.79 Å². The second kappa shape index (κ2) is 6.02. The SMILES string of the molecule is CNC(=O)c1cccc(NCc2cc(Br)cs2)c1. The van der Waals surface area contributed by atoms with Crippen molar-refractivity contribution in [1.29, 1.82) is 0 Å². The molecule has 2 N–H and O–H groups in total. The molecule has 0 aliphatic rings. The summed E-state index contributed by atoms with van der Waals surface area (Å²) in [6.07, 6.45) is 0. The van der Waals surface area contributed by atoms with Crippen molar-refractivity contribution in [3.8, 4) is 0 Å². The number of carbonyl (C=O) groups is 1. The van der Waals surface area contributed by atoms with Crippen molar-refractivity contribution in [3.63, 3.8) is 0 Å². The van der Waals surface area contributed by atoms with Crippen LogP contribution in [-0.4, -0.2) is 13.0 Å². The quantitative estimate of drug-likeness (QED) is 0.904. The van der Waals surface area contributed by atoms with Gasteiger partial charge in [-0.15, -0.1) is 11.3 Å². The lowest BCUT2D eigenvalue weighted by Gasteiger charge is -2.06. The van der Waals surface area contributed by atoms with E-state index in [4.69, 9.17) is 0 Å². The number of rotatable bonds is 4. The van der Waals surface area contributed by atoms with E-state index in [0.717, 1.165) is 16.7 Å². The molecule has 0 atom stereocenters. The molecular formula is C13H13BrN2OS. The third-order valence-corrected chi connectivity index (χ3v) is 4.14. The molecule has 3 nitrogen and oxygen atoms in total. The summed E-state index contributed by atoms with van der Waals surface area (Å²) >= 11 is 5.12. The maximum Gasteiger partial charge on any atom is 0.251 e. The first-order valence-electron chi connectivity index (χ1n) is 5.48. The molecule has 5 heteroatoms. The molecular weight excluding hydrogens is 312 g/mol. The van der Waals surface area contributed by atoms with Crippen molar-refractivity contribution in [2.24, 2.45) is 0 Å². The fourth-order valence-corrected chi connectivity index (χ4v) is 2.94. The molecule has 0 aliphatic carbocycles. The van der Waals surface area contributed by atoms with E-state index in [1.807, 2.05) is 18.2 Å². The fourth-order valence-electron chi connectivity index (χ4n) is 1.55. The van der Waals surface area contributed by atoms with Gasteiger partial charge in [0.15, 0.2) is 0 Å². The molecule has 0 saturated heterocycles. The number of anilines is 1. The lowest BCUT2D eigenvalue weighted by molar-refractivity contribution is 0.0963. The lowest BCUT2D eigenvalue weighted by Crippen LogP contribution is -2.17. The molecule has 0 aliphatic heterocycles. The second-order valence-electron chi connectivity index (χ2n) is 3.74. The van der Waals surface area contributed by atoms with Crippen molar-refractivity contribution in [2.45, 2.75) is 6.54 Å². The molecule has 2 rings (SSSR count). The largest absolute Gasteiger partial charge is 0.380 e. The van der Waals surface area contributed by atoms with Gasteiger partial charge < -0.3 is 10.6 Å². The van der Waals surface area contributed by atoms with Gasteiger partial charge in [-0.1, -0.05) is 6.07 Å². The van der Waals surface area contributed by atoms with Gasteiger partial charge in [0, 0.05) is 39.6 Å². The molecule has 0 fully saturated rings. The molecule has 0 radical (unpaired) electrons. The normalized spacial score (nSPS) is 10.1. The van der Waals surface area contributed by atoms with E-state index < -0.39 is 0 Å². The summed E-state index contributed by atoms with van der Waals surface area (Å²) in [5.41, 5.74) is 1.61. The molecule has 94 valence electrons. The average Bonchev–Trinajstić information content (AvgIpc) is 2.81. The molecule has 0 bridgehead atoms. The Morgan fingerprint density at radius 3 is 2.89 bits per heavy atom. The number of halogens is 1. The Bertz CT molecular complexity index is 553. The Morgan fingerprint density at radius 2 is 2.22 bits per heavy atom. The third-order valence-electron chi connectivity index (χ3n) is 2.44. The Hall–Kier alpha value is -1.33. The van der Waals surface area contributed by atoms with Gasteiger partial charge in [0.25, 0.3) is 5.91 Å². The lowest BCUT2D eigenvalue weighted by atomic mass is 10.2. The zero-order chi connectivity index (χ0) is 13.0. The Kier molecular flexibility index (Phi) is 4.38. The van der Waals surface area contributed by atoms with Gasteiger partial charge in [0.1, 0.15) is 0 Å². The fraction of sp³-hybridized carbons (Fsp3) is 0.154. The van der Waals surface area contributed by atoms with E-state index in [9.17, 15) is 4.79 Å². The average molecular weight is 325 g/mol. The first kappa shape index (κ1) is 13.1. The molecule has 0 spiro atoms. The molecule has 1 heterocycles. The standard InChI is InChI=1S/C13H13BrN2OS/c1-15-13(17)9-3-2-4-11(5-9)16-7-12-6-10(14)8-18-12/h2-6,8,16H,7H2,1H3,(H,15,17). The molecule has 2 aromatic rings. The van der Waals surface area contributed by atoms with E-state index in [1.165, 1.54) is 4.88 Å². The zero-order valence-corrected chi connectivity index (χ0v) is 12.3. The second-order valence-corrected chi connectivity index (χ2v) is 5.66. The molecule has 0 unspecified atom stereocenters. The first-order chi connectivity index (χ1) is 8.69. The molecule has 1 aromatic carbocycles. The Morgan fingerprint density at radius 1 is 1.39 bits per heavy atom. The number of nitrogens with one attached hydrogen (secondary N) is 2. The summed E-state index contributed by atoms with van der Waals surface area (Å²) in [5, 5.41) is 7.97. The monoisotopic (exact) mass is 324 g/mol. The highest BCUT2D eigenvalue weighted by Gasteiger charge is 2.03. The van der Waals surface area contributed by atoms with Crippen LogP contribution in [-0.2, 0) is 6.54 Å². The minimum absolute atomic E-state index is 0.0717. The summed E-state index contributed by atoms with van der Waals surface area (Å²) in [5.74, 6) is -0.0717. The summed E-state index contributed by atoms with van der Waals surface area (Å²) in [7, 11) is 1.63. The summed E-state index contributed by atoms with van der Waals surface area (Å²) < 4.78 is 1.10. The van der Waals surface area contributed by atoms with E-state index in [2.05, 4.69) is 38.0 Å². The van der Waals surface area contributed by atoms with Crippen LogP contribution in [0.4, 0.5) is 5.69 Å². The van der Waals surface area contributed by atoms with Gasteiger partial charge >= 0.3 is 0 Å². The highest BCUT2D eigenvalue weighted by Crippen LogP contribution is 2.21. The number of thiophene rings is 1. The minimum Gasteiger partial charge on any atom is -0.380 e. The van der Waals surface area contributed by atoms with Crippen LogP contribution in [0.1, 0.15) is 15.2 Å². The van der Waals surface area contributed by atoms with Crippen LogP contribution < -0.4 is 10.6 Å². The van der Waals surface area contributed by atoms with Crippen LogP contribution >= 0.6 is 27.3 Å². The van der Waals surface area contributed by atoms with Crippen molar-refractivity contribution in [1.82, 2.24) is 5.32 Å². The van der Waals surface area contributed by atoms with Crippen molar-refractivity contribution >= 4 is 38.9 Å². The molecule has 0 saturated carbocycles. The smallest absolute Gasteiger partial charge is 0.251 e. The predicted octanol–water partition coefficient (Wildman–Crippen LogP) is 3.48. The maximum atomic E-state index is 11.5. The highest BCUT2D eigenvalue weighted by molar-refractivity contribution is 9.10. The van der Waals surface area contributed by atoms with Gasteiger partial charge in [-0.3, -0.25) is 4.79 Å². The molecule has 1 aromatic heterocycles. The number of benzene rings is 1. The Labute approximate surface area is 118 Å². The minimum atomic E-state index is -0.0717. The Balaban J connectivity index is 2.03. The van der Waals surface area contributed by atoms with Gasteiger partial charge in [0.05, 0.1) is 0 Å². The summed E-state index contributed by atoms with van der Waals surface area (Å²) in [4.78, 5) is 12.7. The van der Waals surface area contributed by atoms with E-state index >= 15 is 0 Å². The predicted molar refractivity (Wildman–Crippen MR) is 79.2 cm³/mol. The zero-order valence-electron chi connectivity index (χ0n) is 9.87. The topological polar surface area (TPSA) is 41.1 Å². The van der Waals surface area contributed by atoms with Gasteiger partial charge in [-0.2, -0.15) is 0 Å². The van der Waals surface area contributed by atoms with Crippen molar-refractivity contribution in [3.05, 3.63) is 50.6 Å². The van der Waals surface area contributed by atoms with Crippen LogP contribution in [0.5, 0.6) is 0 Å². The van der Waals surface area contributed by atoms with Crippen molar-refractivity contribution in [2.75, 3.05) is 12.4 Å². The number of carbonyl (C=O) groups excluding carboxylic acids is 1. The third kappa shape index (κ3) is 3.34. The summed E-state index contributed by atoms with van der Waals surface area (Å²) in [6.45, 7) is 0.757. The van der Waals surface area contributed by atoms with E-state index in [0.29, 0.717) is 5.56 Å². The van der Waals surface area contributed by atoms with Crippen LogP contribution in [0, 0.1) is 0 Å². The van der Waals surface area contributed by atoms with E-state index in [1.54, 1.807) is 24.5 Å². The first-order valence-corrected chi connectivity index (χ1v) is 7.15. The van der Waals surface area contributed by atoms with E-state index in [-0.39, 0.29) is 5.91 Å². The van der Waals surface area contributed by atoms with Crippen LogP contribution in [0.2, 0.25) is 0 Å². The maximum absolute atomic E-state index is 11.5. The van der Waals surface area contributed by atoms with Gasteiger partial charge in [0.2, 0.25) is 0 Å². The molecule has 1 amide bonds. The number of hydrogen-bond acceptors (Lipinski definition) is 3.